The minimum atomic E-state index is -0.286. The van der Waals surface area contributed by atoms with Crippen LogP contribution in [0.1, 0.15) is 54.1 Å². The van der Waals surface area contributed by atoms with Gasteiger partial charge in [0.25, 0.3) is 5.91 Å². The van der Waals surface area contributed by atoms with E-state index in [1.165, 1.54) is 12.3 Å². The number of aromatic nitrogens is 3. The van der Waals surface area contributed by atoms with Crippen LogP contribution in [0.3, 0.4) is 0 Å². The summed E-state index contributed by atoms with van der Waals surface area (Å²) in [7, 11) is 1.58. The van der Waals surface area contributed by atoms with E-state index in [9.17, 15) is 9.18 Å². The highest BCUT2D eigenvalue weighted by Gasteiger charge is 2.27. The third-order valence-corrected chi connectivity index (χ3v) is 5.86. The van der Waals surface area contributed by atoms with E-state index in [1.807, 2.05) is 0 Å². The number of fused-ring (bicyclic) bond motifs is 1. The van der Waals surface area contributed by atoms with Crippen molar-refractivity contribution in [3.8, 4) is 5.75 Å². The van der Waals surface area contributed by atoms with E-state index in [-0.39, 0.29) is 23.5 Å². The molecular formula is C24H30FN5O3. The molecule has 1 unspecified atom stereocenters. The second-order valence-corrected chi connectivity index (χ2v) is 8.74. The maximum Gasteiger partial charge on any atom is 0.287 e. The van der Waals surface area contributed by atoms with Gasteiger partial charge in [0.05, 0.1) is 19.4 Å². The summed E-state index contributed by atoms with van der Waals surface area (Å²) < 4.78 is 26.9. The van der Waals surface area contributed by atoms with Crippen LogP contribution in [0, 0.1) is 11.7 Å². The van der Waals surface area contributed by atoms with Gasteiger partial charge in [0.15, 0.2) is 11.6 Å². The lowest BCUT2D eigenvalue weighted by atomic mass is 10.0. The number of methoxy groups -OCH3 is 1. The average molecular weight is 456 g/mol. The van der Waals surface area contributed by atoms with E-state index in [4.69, 9.17) is 9.15 Å². The number of carbonyl (C=O) groups is 1. The minimum absolute atomic E-state index is 0.238. The molecule has 3 aromatic rings. The molecule has 1 aromatic carbocycles. The first-order chi connectivity index (χ1) is 15.9. The number of rotatable bonds is 8. The number of benzene rings is 1. The smallest absolute Gasteiger partial charge is 0.287 e. The number of carbonyl (C=O) groups excluding carboxylic acids is 1. The van der Waals surface area contributed by atoms with E-state index in [2.05, 4.69) is 38.8 Å². The monoisotopic (exact) mass is 455 g/mol. The van der Waals surface area contributed by atoms with Gasteiger partial charge in [-0.1, -0.05) is 13.8 Å². The number of amides is 1. The van der Waals surface area contributed by atoms with Gasteiger partial charge in [-0.2, -0.15) is 0 Å². The first-order valence-electron chi connectivity index (χ1n) is 11.3. The van der Waals surface area contributed by atoms with Gasteiger partial charge >= 0.3 is 0 Å². The van der Waals surface area contributed by atoms with Crippen molar-refractivity contribution >= 4 is 5.91 Å². The van der Waals surface area contributed by atoms with Gasteiger partial charge in [-0.05, 0) is 42.7 Å². The van der Waals surface area contributed by atoms with E-state index in [0.717, 1.165) is 31.2 Å². The van der Waals surface area contributed by atoms with Crippen LogP contribution in [-0.4, -0.2) is 45.8 Å². The summed E-state index contributed by atoms with van der Waals surface area (Å²) in [5.74, 6) is 2.37. The lowest BCUT2D eigenvalue weighted by Gasteiger charge is -2.22. The van der Waals surface area contributed by atoms with Crippen LogP contribution in [0.2, 0.25) is 0 Å². The van der Waals surface area contributed by atoms with Crippen molar-refractivity contribution in [2.24, 2.45) is 5.92 Å². The third kappa shape index (κ3) is 5.42. The van der Waals surface area contributed by atoms with Gasteiger partial charge in [-0.3, -0.25) is 9.69 Å². The molecule has 0 bridgehead atoms. The maximum absolute atomic E-state index is 14.3. The molecule has 3 heterocycles. The van der Waals surface area contributed by atoms with Gasteiger partial charge in [-0.15, -0.1) is 10.2 Å². The summed E-state index contributed by atoms with van der Waals surface area (Å²) >= 11 is 0. The molecule has 33 heavy (non-hydrogen) atoms. The summed E-state index contributed by atoms with van der Waals surface area (Å²) in [6.45, 7) is 6.82. The molecule has 9 heteroatoms. The van der Waals surface area contributed by atoms with Crippen molar-refractivity contribution in [2.75, 3.05) is 20.2 Å². The molecule has 1 aliphatic rings. The summed E-state index contributed by atoms with van der Waals surface area (Å²) in [5.41, 5.74) is 0.607. The van der Waals surface area contributed by atoms with Gasteiger partial charge in [0.2, 0.25) is 0 Å². The van der Waals surface area contributed by atoms with Gasteiger partial charge in [-0.25, -0.2) is 4.39 Å². The second kappa shape index (κ2) is 10.2. The minimum Gasteiger partial charge on any atom is -0.497 e. The molecule has 2 aromatic heterocycles. The molecule has 0 saturated carbocycles. The van der Waals surface area contributed by atoms with Gasteiger partial charge < -0.3 is 19.0 Å². The van der Waals surface area contributed by atoms with Crippen molar-refractivity contribution in [3.63, 3.8) is 0 Å². The highest BCUT2D eigenvalue weighted by Crippen LogP contribution is 2.24. The fraction of sp³-hybridized carbons (Fsp3) is 0.458. The van der Waals surface area contributed by atoms with E-state index in [0.29, 0.717) is 36.7 Å². The zero-order valence-corrected chi connectivity index (χ0v) is 19.3. The SMILES string of the molecule is COc1ccc(F)c(CN2CCc3nnc(C(CC(C)C)NC(=O)c4ccco4)n3CC2)c1. The van der Waals surface area contributed by atoms with Gasteiger partial charge in [0, 0.05) is 38.2 Å². The maximum atomic E-state index is 14.3. The Balaban J connectivity index is 1.50. The number of hydrogen-bond donors (Lipinski definition) is 1. The van der Waals surface area contributed by atoms with Crippen molar-refractivity contribution in [1.82, 2.24) is 25.0 Å². The Morgan fingerprint density at radius 2 is 2.09 bits per heavy atom. The molecule has 176 valence electrons. The predicted octanol–water partition coefficient (Wildman–Crippen LogP) is 3.59. The molecule has 0 saturated heterocycles. The lowest BCUT2D eigenvalue weighted by molar-refractivity contribution is 0.0900. The molecule has 8 nitrogen and oxygen atoms in total. The fourth-order valence-electron chi connectivity index (χ4n) is 4.18. The molecular weight excluding hydrogens is 425 g/mol. The normalized spacial score (nSPS) is 15.2. The van der Waals surface area contributed by atoms with Crippen LogP contribution in [-0.2, 0) is 19.5 Å². The van der Waals surface area contributed by atoms with Crippen LogP contribution >= 0.6 is 0 Å². The first-order valence-corrected chi connectivity index (χ1v) is 11.3. The Labute approximate surface area is 192 Å². The van der Waals surface area contributed by atoms with E-state index in [1.54, 1.807) is 31.4 Å². The first kappa shape index (κ1) is 23.0. The highest BCUT2D eigenvalue weighted by molar-refractivity contribution is 5.91. The Hall–Kier alpha value is -3.20. The molecule has 4 rings (SSSR count). The molecule has 0 aliphatic carbocycles. The van der Waals surface area contributed by atoms with Crippen LogP contribution < -0.4 is 10.1 Å². The van der Waals surface area contributed by atoms with Crippen molar-refractivity contribution in [1.29, 1.82) is 0 Å². The molecule has 0 spiro atoms. The van der Waals surface area contributed by atoms with E-state index < -0.39 is 0 Å². The lowest BCUT2D eigenvalue weighted by Crippen LogP contribution is -2.32. The second-order valence-electron chi connectivity index (χ2n) is 8.74. The number of ether oxygens (including phenoxy) is 1. The van der Waals surface area contributed by atoms with Gasteiger partial charge in [0.1, 0.15) is 17.4 Å². The molecule has 1 atom stereocenters. The number of furan rings is 1. The molecule has 1 N–H and O–H groups in total. The van der Waals surface area contributed by atoms with Crippen LogP contribution in [0.25, 0.3) is 0 Å². The summed E-state index contributed by atoms with van der Waals surface area (Å²) in [6.07, 6.45) is 2.90. The Kier molecular flexibility index (Phi) is 7.08. The number of nitrogens with zero attached hydrogens (tertiary/aromatic N) is 4. The summed E-state index contributed by atoms with van der Waals surface area (Å²) in [4.78, 5) is 14.9. The van der Waals surface area contributed by atoms with Crippen molar-refractivity contribution in [3.05, 3.63) is 65.4 Å². The third-order valence-electron chi connectivity index (χ3n) is 5.86. The Bertz CT molecular complexity index is 1080. The van der Waals surface area contributed by atoms with E-state index >= 15 is 0 Å². The number of hydrogen-bond acceptors (Lipinski definition) is 6. The zero-order chi connectivity index (χ0) is 23.4. The Morgan fingerprint density at radius 1 is 1.24 bits per heavy atom. The average Bonchev–Trinajstić information content (AvgIpc) is 3.43. The van der Waals surface area contributed by atoms with Crippen LogP contribution in [0.4, 0.5) is 4.39 Å². The standard InChI is InChI=1S/C24H30FN5O3/c1-16(2)13-20(26-24(31)21-5-4-12-33-21)23-28-27-22-8-9-29(10-11-30(22)23)15-17-14-18(32-3)6-7-19(17)25/h4-7,12,14,16,20H,8-11,13,15H2,1-3H3,(H,26,31). The molecule has 0 fully saturated rings. The van der Waals surface area contributed by atoms with Crippen LogP contribution in [0.15, 0.2) is 41.0 Å². The molecule has 1 amide bonds. The highest BCUT2D eigenvalue weighted by atomic mass is 19.1. The largest absolute Gasteiger partial charge is 0.497 e. The number of halogens is 1. The van der Waals surface area contributed by atoms with Crippen molar-refractivity contribution in [2.45, 2.75) is 45.8 Å². The molecule has 1 aliphatic heterocycles. The summed E-state index contributed by atoms with van der Waals surface area (Å²) in [6, 6.07) is 7.86. The predicted molar refractivity (Wildman–Crippen MR) is 120 cm³/mol. The van der Waals surface area contributed by atoms with Crippen molar-refractivity contribution < 1.29 is 18.3 Å². The van der Waals surface area contributed by atoms with Crippen LogP contribution in [0.5, 0.6) is 5.75 Å². The number of nitrogens with one attached hydrogen (secondary N) is 1. The zero-order valence-electron chi connectivity index (χ0n) is 19.3. The summed E-state index contributed by atoms with van der Waals surface area (Å²) in [5, 5.41) is 11.9. The Morgan fingerprint density at radius 3 is 2.82 bits per heavy atom. The topological polar surface area (TPSA) is 85.4 Å². The quantitative estimate of drug-likeness (QED) is 0.559. The molecule has 0 radical (unpaired) electrons. The fourth-order valence-corrected chi connectivity index (χ4v) is 4.18.